The van der Waals surface area contributed by atoms with E-state index >= 15 is 0 Å². The number of rotatable bonds is 6. The van der Waals surface area contributed by atoms with Crippen LogP contribution in [0, 0.1) is 12.8 Å². The molecule has 2 aromatic carbocycles. The normalized spacial score (nSPS) is 16.0. The summed E-state index contributed by atoms with van der Waals surface area (Å²) in [4.78, 5) is 32.1. The van der Waals surface area contributed by atoms with E-state index in [0.717, 1.165) is 29.2 Å². The number of hydrogen-bond acceptors (Lipinski definition) is 5. The Morgan fingerprint density at radius 2 is 1.94 bits per heavy atom. The first-order valence-electron chi connectivity index (χ1n) is 10.4. The zero-order valence-electron chi connectivity index (χ0n) is 17.4. The van der Waals surface area contributed by atoms with Gasteiger partial charge in [0.1, 0.15) is 12.4 Å². The largest absolute Gasteiger partial charge is 0.486 e. The van der Waals surface area contributed by atoms with Crippen molar-refractivity contribution in [2.45, 2.75) is 26.4 Å². The van der Waals surface area contributed by atoms with Gasteiger partial charge in [0.15, 0.2) is 0 Å². The molecule has 0 aliphatic carbocycles. The van der Waals surface area contributed by atoms with Crippen molar-refractivity contribution < 1.29 is 14.3 Å². The van der Waals surface area contributed by atoms with Gasteiger partial charge in [-0.05, 0) is 44.0 Å². The number of thiazole rings is 1. The quantitative estimate of drug-likeness (QED) is 0.618. The van der Waals surface area contributed by atoms with Gasteiger partial charge in [-0.15, -0.1) is 11.3 Å². The average Bonchev–Trinajstić information content (AvgIpc) is 3.23. The topological polar surface area (TPSA) is 71.5 Å². The van der Waals surface area contributed by atoms with Crippen LogP contribution in [0.5, 0.6) is 5.75 Å². The van der Waals surface area contributed by atoms with Crippen molar-refractivity contribution in [3.8, 4) is 5.75 Å². The molecule has 6 nitrogen and oxygen atoms in total. The molecular weight excluding hydrogens is 410 g/mol. The number of para-hydroxylation sites is 2. The molecule has 31 heavy (non-hydrogen) atoms. The molecule has 160 valence electrons. The van der Waals surface area contributed by atoms with Crippen molar-refractivity contribution in [3.05, 3.63) is 76.2 Å². The number of aromatic nitrogens is 1. The number of carbonyl (C=O) groups is 2. The minimum atomic E-state index is -0.232. The Balaban J connectivity index is 1.42. The van der Waals surface area contributed by atoms with Crippen molar-refractivity contribution in [2.24, 2.45) is 5.92 Å². The van der Waals surface area contributed by atoms with Gasteiger partial charge in [-0.1, -0.05) is 30.3 Å². The lowest BCUT2D eigenvalue weighted by atomic mass is 9.96. The Labute approximate surface area is 185 Å². The predicted octanol–water partition coefficient (Wildman–Crippen LogP) is 4.52. The summed E-state index contributed by atoms with van der Waals surface area (Å²) in [6, 6.07) is 16.7. The first-order valence-corrected chi connectivity index (χ1v) is 11.3. The summed E-state index contributed by atoms with van der Waals surface area (Å²) < 4.78 is 5.92. The van der Waals surface area contributed by atoms with E-state index in [0.29, 0.717) is 31.0 Å². The highest BCUT2D eigenvalue weighted by Crippen LogP contribution is 2.25. The molecule has 0 spiro atoms. The van der Waals surface area contributed by atoms with Gasteiger partial charge in [-0.3, -0.25) is 9.59 Å². The number of nitrogens with one attached hydrogen (secondary N) is 1. The van der Waals surface area contributed by atoms with Crippen LogP contribution in [0.1, 0.15) is 33.9 Å². The zero-order valence-corrected chi connectivity index (χ0v) is 18.2. The number of carbonyl (C=O) groups excluding carboxylic acids is 2. The molecule has 1 aliphatic heterocycles. The molecule has 1 atom stereocenters. The minimum Gasteiger partial charge on any atom is -0.486 e. The second-order valence-electron chi connectivity index (χ2n) is 7.59. The Bertz CT molecular complexity index is 1050. The van der Waals surface area contributed by atoms with E-state index in [1.54, 1.807) is 28.4 Å². The van der Waals surface area contributed by atoms with Crippen molar-refractivity contribution in [1.29, 1.82) is 0 Å². The second kappa shape index (κ2) is 9.75. The smallest absolute Gasteiger partial charge is 0.257 e. The Hall–Kier alpha value is -3.19. The van der Waals surface area contributed by atoms with Crippen LogP contribution in [0.15, 0.2) is 60.0 Å². The summed E-state index contributed by atoms with van der Waals surface area (Å²) >= 11 is 1.57. The van der Waals surface area contributed by atoms with Crippen LogP contribution in [-0.4, -0.2) is 34.8 Å². The summed E-state index contributed by atoms with van der Waals surface area (Å²) in [5, 5.41) is 5.90. The number of hydrogen-bond donors (Lipinski definition) is 1. The van der Waals surface area contributed by atoms with E-state index < -0.39 is 0 Å². The molecule has 1 saturated heterocycles. The maximum atomic E-state index is 13.3. The molecule has 0 radical (unpaired) electrons. The number of ether oxygens (including phenoxy) is 1. The van der Waals surface area contributed by atoms with Crippen molar-refractivity contribution in [3.63, 3.8) is 0 Å². The number of piperidine rings is 1. The molecule has 1 aliphatic rings. The number of amides is 2. The maximum Gasteiger partial charge on any atom is 0.257 e. The van der Waals surface area contributed by atoms with Crippen LogP contribution >= 0.6 is 11.3 Å². The highest BCUT2D eigenvalue weighted by molar-refractivity contribution is 7.09. The Morgan fingerprint density at radius 3 is 2.71 bits per heavy atom. The minimum absolute atomic E-state index is 0.0489. The molecule has 1 fully saturated rings. The summed E-state index contributed by atoms with van der Waals surface area (Å²) in [5.41, 5.74) is 2.13. The van der Waals surface area contributed by atoms with Crippen molar-refractivity contribution >= 4 is 28.8 Å². The second-order valence-corrected chi connectivity index (χ2v) is 8.65. The van der Waals surface area contributed by atoms with Gasteiger partial charge in [-0.25, -0.2) is 4.98 Å². The Morgan fingerprint density at radius 1 is 1.16 bits per heavy atom. The first-order chi connectivity index (χ1) is 15.1. The van der Waals surface area contributed by atoms with Crippen molar-refractivity contribution in [1.82, 2.24) is 9.88 Å². The molecule has 3 aromatic rings. The van der Waals surface area contributed by atoms with Crippen LogP contribution in [0.25, 0.3) is 0 Å². The standard InChI is InChI=1S/C24H25N3O3S/c1-17-25-20(16-31-17)15-30-22-12-6-5-11-21(22)24(29)27-13-7-8-18(14-27)23(28)26-19-9-3-2-4-10-19/h2-6,9-12,16,18H,7-8,13-15H2,1H3,(H,26,28). The van der Waals surface area contributed by atoms with Crippen LogP contribution in [0.4, 0.5) is 5.69 Å². The maximum absolute atomic E-state index is 13.3. The van der Waals surface area contributed by atoms with E-state index in [1.807, 2.05) is 54.8 Å². The third kappa shape index (κ3) is 5.30. The third-order valence-electron chi connectivity index (χ3n) is 5.28. The number of anilines is 1. The predicted molar refractivity (Wildman–Crippen MR) is 121 cm³/mol. The molecule has 2 heterocycles. The fourth-order valence-electron chi connectivity index (χ4n) is 3.71. The molecular formula is C24H25N3O3S. The number of benzene rings is 2. The molecule has 0 bridgehead atoms. The molecule has 0 saturated carbocycles. The number of likely N-dealkylation sites (tertiary alicyclic amines) is 1. The summed E-state index contributed by atoms with van der Waals surface area (Å²) in [7, 11) is 0. The fourth-order valence-corrected chi connectivity index (χ4v) is 4.30. The van der Waals surface area contributed by atoms with Gasteiger partial charge in [0, 0.05) is 24.2 Å². The van der Waals surface area contributed by atoms with Crippen LogP contribution < -0.4 is 10.1 Å². The van der Waals surface area contributed by atoms with Gasteiger partial charge in [0.05, 0.1) is 22.2 Å². The van der Waals surface area contributed by atoms with Gasteiger partial charge in [0.25, 0.3) is 5.91 Å². The highest BCUT2D eigenvalue weighted by Gasteiger charge is 2.30. The van der Waals surface area contributed by atoms with E-state index in [9.17, 15) is 9.59 Å². The monoisotopic (exact) mass is 435 g/mol. The zero-order chi connectivity index (χ0) is 21.6. The lowest BCUT2D eigenvalue weighted by molar-refractivity contribution is -0.121. The molecule has 2 amide bonds. The lowest BCUT2D eigenvalue weighted by Gasteiger charge is -2.32. The van der Waals surface area contributed by atoms with Gasteiger partial charge < -0.3 is 15.0 Å². The average molecular weight is 436 g/mol. The summed E-state index contributed by atoms with van der Waals surface area (Å²) in [5.74, 6) is 0.146. The third-order valence-corrected chi connectivity index (χ3v) is 6.10. The molecule has 7 heteroatoms. The number of aryl methyl sites for hydroxylation is 1. The summed E-state index contributed by atoms with van der Waals surface area (Å²) in [6.45, 7) is 3.30. The van der Waals surface area contributed by atoms with Crippen LogP contribution in [0.2, 0.25) is 0 Å². The fraction of sp³-hybridized carbons (Fsp3) is 0.292. The van der Waals surface area contributed by atoms with E-state index in [4.69, 9.17) is 4.74 Å². The van der Waals surface area contributed by atoms with Crippen molar-refractivity contribution in [2.75, 3.05) is 18.4 Å². The SMILES string of the molecule is Cc1nc(COc2ccccc2C(=O)N2CCCC(C(=O)Nc3ccccc3)C2)cs1. The van der Waals surface area contributed by atoms with E-state index in [2.05, 4.69) is 10.3 Å². The molecule has 1 N–H and O–H groups in total. The van der Waals surface area contributed by atoms with Gasteiger partial charge >= 0.3 is 0 Å². The van der Waals surface area contributed by atoms with Crippen LogP contribution in [0.3, 0.4) is 0 Å². The van der Waals surface area contributed by atoms with Crippen LogP contribution in [-0.2, 0) is 11.4 Å². The lowest BCUT2D eigenvalue weighted by Crippen LogP contribution is -2.43. The molecule has 4 rings (SSSR count). The van der Waals surface area contributed by atoms with Gasteiger partial charge in [0.2, 0.25) is 5.91 Å². The van der Waals surface area contributed by atoms with Gasteiger partial charge in [-0.2, -0.15) is 0 Å². The molecule has 1 unspecified atom stereocenters. The summed E-state index contributed by atoms with van der Waals surface area (Å²) in [6.07, 6.45) is 1.56. The number of nitrogens with zero attached hydrogens (tertiary/aromatic N) is 2. The van der Waals surface area contributed by atoms with E-state index in [-0.39, 0.29) is 17.7 Å². The first kappa shape index (κ1) is 21.1. The van der Waals surface area contributed by atoms with E-state index in [1.165, 1.54) is 0 Å². The molecule has 1 aromatic heterocycles. The highest BCUT2D eigenvalue weighted by atomic mass is 32.1. The Kier molecular flexibility index (Phi) is 6.62.